The first-order chi connectivity index (χ1) is 17.1. The van der Waals surface area contributed by atoms with Gasteiger partial charge in [0.2, 0.25) is 0 Å². The van der Waals surface area contributed by atoms with Gasteiger partial charge < -0.3 is 5.92 Å². The molecule has 3 rings (SSSR count). The maximum atomic E-state index is 4.71. The Bertz CT molecular complexity index is 691. The summed E-state index contributed by atoms with van der Waals surface area (Å²) < 4.78 is 2.37. The molecule has 0 amide bonds. The highest BCUT2D eigenvalue weighted by atomic mass is 15.4. The molecular weight excluding hydrogens is 426 g/mol. The van der Waals surface area contributed by atoms with Gasteiger partial charge in [-0.2, -0.15) is 6.92 Å². The lowest BCUT2D eigenvalue weighted by atomic mass is 9.61. The summed E-state index contributed by atoms with van der Waals surface area (Å²) in [6.07, 6.45) is 27.9. The Morgan fingerprint density at radius 3 is 2.20 bits per heavy atom. The third-order valence-electron chi connectivity index (χ3n) is 10.3. The van der Waals surface area contributed by atoms with Crippen molar-refractivity contribution in [2.24, 2.45) is 23.2 Å². The van der Waals surface area contributed by atoms with Gasteiger partial charge in [-0.15, -0.1) is 16.9 Å². The highest BCUT2D eigenvalue weighted by Crippen LogP contribution is 2.52. The molecule has 3 heteroatoms. The average molecular weight is 485 g/mol. The first kappa shape index (κ1) is 28.7. The van der Waals surface area contributed by atoms with Crippen molar-refractivity contribution in [2.75, 3.05) is 0 Å². The molecule has 4 unspecified atom stereocenters. The molecule has 202 valence electrons. The Kier molecular flexibility index (Phi) is 12.1. The molecule has 1 aromatic rings. The molecule has 0 bridgehead atoms. The SMILES string of the molecule is CCCC(C)C1CCCCCC(n2nncc2C[C-](C)C(CC)(CCC)C2CCCC2)CCCC1. The van der Waals surface area contributed by atoms with Crippen LogP contribution in [0.15, 0.2) is 6.20 Å². The van der Waals surface area contributed by atoms with Crippen LogP contribution in [0, 0.1) is 29.1 Å². The summed E-state index contributed by atoms with van der Waals surface area (Å²) in [5.41, 5.74) is 1.79. The van der Waals surface area contributed by atoms with Gasteiger partial charge in [0.25, 0.3) is 0 Å². The minimum Gasteiger partial charge on any atom is -0.305 e. The highest BCUT2D eigenvalue weighted by Gasteiger charge is 2.34. The van der Waals surface area contributed by atoms with Crippen LogP contribution in [0.4, 0.5) is 0 Å². The van der Waals surface area contributed by atoms with Crippen LogP contribution in [0.5, 0.6) is 0 Å². The van der Waals surface area contributed by atoms with Crippen molar-refractivity contribution in [3.63, 3.8) is 0 Å². The summed E-state index contributed by atoms with van der Waals surface area (Å²) in [5.74, 6) is 4.44. The quantitative estimate of drug-likeness (QED) is 0.292. The van der Waals surface area contributed by atoms with Gasteiger partial charge in [-0.25, -0.2) is 4.68 Å². The van der Waals surface area contributed by atoms with Gasteiger partial charge in [-0.3, -0.25) is 0 Å². The van der Waals surface area contributed by atoms with Crippen molar-refractivity contribution in [1.29, 1.82) is 0 Å². The minimum absolute atomic E-state index is 0.415. The molecule has 0 saturated heterocycles. The van der Waals surface area contributed by atoms with Gasteiger partial charge in [0, 0.05) is 5.69 Å². The summed E-state index contributed by atoms with van der Waals surface area (Å²) in [4.78, 5) is 0. The molecule has 1 aromatic heterocycles. The van der Waals surface area contributed by atoms with Crippen LogP contribution in [0.1, 0.15) is 162 Å². The van der Waals surface area contributed by atoms with Crippen LogP contribution >= 0.6 is 0 Å². The second-order valence-corrected chi connectivity index (χ2v) is 12.5. The smallest absolute Gasteiger partial charge is 0.0698 e. The van der Waals surface area contributed by atoms with Crippen LogP contribution in [0.3, 0.4) is 0 Å². The Balaban J connectivity index is 1.67. The van der Waals surface area contributed by atoms with E-state index in [2.05, 4.69) is 50.6 Å². The molecule has 2 fully saturated rings. The molecule has 2 aliphatic carbocycles. The lowest BCUT2D eigenvalue weighted by Gasteiger charge is -2.55. The van der Waals surface area contributed by atoms with Crippen molar-refractivity contribution in [3.05, 3.63) is 17.8 Å². The summed E-state index contributed by atoms with van der Waals surface area (Å²) >= 11 is 0. The molecule has 35 heavy (non-hydrogen) atoms. The Labute approximate surface area is 218 Å². The average Bonchev–Trinajstić information content (AvgIpc) is 3.54. The second-order valence-electron chi connectivity index (χ2n) is 12.5. The van der Waals surface area contributed by atoms with Crippen LogP contribution in [-0.4, -0.2) is 15.0 Å². The molecule has 3 nitrogen and oxygen atoms in total. The number of nitrogens with zero attached hydrogens (tertiary/aromatic N) is 3. The predicted molar refractivity (Wildman–Crippen MR) is 150 cm³/mol. The first-order valence-electron chi connectivity index (χ1n) is 15.8. The van der Waals surface area contributed by atoms with Gasteiger partial charge in [-0.1, -0.05) is 142 Å². The van der Waals surface area contributed by atoms with Crippen LogP contribution in [0.25, 0.3) is 0 Å². The maximum absolute atomic E-state index is 4.71. The molecule has 2 aliphatic rings. The summed E-state index contributed by atoms with van der Waals surface area (Å²) in [6.45, 7) is 12.2. The van der Waals surface area contributed by atoms with Crippen molar-refractivity contribution in [1.82, 2.24) is 15.0 Å². The molecular formula is C32H58N3-. The fourth-order valence-corrected chi connectivity index (χ4v) is 8.15. The van der Waals surface area contributed by atoms with Crippen molar-refractivity contribution in [2.45, 2.75) is 163 Å². The zero-order valence-corrected chi connectivity index (χ0v) is 24.2. The van der Waals surface area contributed by atoms with E-state index in [1.54, 1.807) is 5.92 Å². The molecule has 0 aliphatic heterocycles. The first-order valence-corrected chi connectivity index (χ1v) is 15.8. The molecule has 0 spiro atoms. The third-order valence-corrected chi connectivity index (χ3v) is 10.3. The maximum Gasteiger partial charge on any atom is 0.0698 e. The molecule has 2 saturated carbocycles. The van der Waals surface area contributed by atoms with Gasteiger partial charge >= 0.3 is 0 Å². The van der Waals surface area contributed by atoms with Gasteiger partial charge in [0.15, 0.2) is 0 Å². The van der Waals surface area contributed by atoms with Crippen molar-refractivity contribution >= 4 is 0 Å². The molecule has 0 aromatic carbocycles. The fourth-order valence-electron chi connectivity index (χ4n) is 8.15. The summed E-state index contributed by atoms with van der Waals surface area (Å²) in [6, 6.07) is 0.540. The van der Waals surface area contributed by atoms with E-state index in [1.165, 1.54) is 121 Å². The van der Waals surface area contributed by atoms with Gasteiger partial charge in [-0.05, 0) is 24.7 Å². The van der Waals surface area contributed by atoms with E-state index in [4.69, 9.17) is 5.21 Å². The number of hydrogen-bond acceptors (Lipinski definition) is 2. The Hall–Kier alpha value is -0.860. The topological polar surface area (TPSA) is 30.7 Å². The van der Waals surface area contributed by atoms with Crippen LogP contribution in [-0.2, 0) is 6.42 Å². The lowest BCUT2D eigenvalue weighted by molar-refractivity contribution is 0.148. The summed E-state index contributed by atoms with van der Waals surface area (Å²) in [5, 5.41) is 9.19. The van der Waals surface area contributed by atoms with Crippen LogP contribution in [0.2, 0.25) is 0 Å². The van der Waals surface area contributed by atoms with E-state index in [1.807, 2.05) is 0 Å². The zero-order valence-electron chi connectivity index (χ0n) is 24.2. The minimum atomic E-state index is 0.415. The normalized spacial score (nSPS) is 25.9. The van der Waals surface area contributed by atoms with E-state index in [0.717, 1.165) is 24.2 Å². The largest absolute Gasteiger partial charge is 0.305 e. The molecule has 0 radical (unpaired) electrons. The van der Waals surface area contributed by atoms with Crippen molar-refractivity contribution in [3.8, 4) is 0 Å². The number of aromatic nitrogens is 3. The standard InChI is InChI=1S/C32H58N3/c1-6-16-26(4)28-17-10-9-11-21-30(22-15-12-18-28)35-31(25-33-34-35)24-27(5)32(8-3,23-7-2)29-19-13-14-20-29/h25-26,28-30H,6-24H2,1-5H3/q-1. The summed E-state index contributed by atoms with van der Waals surface area (Å²) in [7, 11) is 0. The number of hydrogen-bond donors (Lipinski definition) is 0. The zero-order chi connectivity index (χ0) is 25.1. The fraction of sp³-hybridized carbons (Fsp3) is 0.906. The van der Waals surface area contributed by atoms with E-state index in [0.29, 0.717) is 11.5 Å². The molecule has 1 heterocycles. The van der Waals surface area contributed by atoms with Gasteiger partial charge in [0.05, 0.1) is 12.2 Å². The van der Waals surface area contributed by atoms with E-state index < -0.39 is 0 Å². The predicted octanol–water partition coefficient (Wildman–Crippen LogP) is 9.92. The van der Waals surface area contributed by atoms with Gasteiger partial charge in [0.1, 0.15) is 0 Å². The van der Waals surface area contributed by atoms with E-state index in [-0.39, 0.29) is 0 Å². The third kappa shape index (κ3) is 7.57. The van der Waals surface area contributed by atoms with E-state index >= 15 is 0 Å². The molecule has 4 atom stereocenters. The monoisotopic (exact) mass is 484 g/mol. The second kappa shape index (κ2) is 14.8. The Morgan fingerprint density at radius 1 is 0.914 bits per heavy atom. The highest BCUT2D eigenvalue weighted by molar-refractivity contribution is 5.15. The Morgan fingerprint density at radius 2 is 1.54 bits per heavy atom. The lowest BCUT2D eigenvalue weighted by Crippen LogP contribution is -2.35. The molecule has 0 N–H and O–H groups in total. The van der Waals surface area contributed by atoms with Crippen molar-refractivity contribution < 1.29 is 0 Å². The number of rotatable bonds is 11. The van der Waals surface area contributed by atoms with Crippen LogP contribution < -0.4 is 0 Å². The van der Waals surface area contributed by atoms with E-state index in [9.17, 15) is 0 Å².